The zero-order valence-electron chi connectivity index (χ0n) is 25.8. The van der Waals surface area contributed by atoms with Crippen molar-refractivity contribution in [2.45, 2.75) is 38.0 Å². The number of anilines is 2. The van der Waals surface area contributed by atoms with E-state index in [0.717, 1.165) is 54.7 Å². The second kappa shape index (κ2) is 12.7. The molecule has 12 heteroatoms. The molecule has 238 valence electrons. The van der Waals surface area contributed by atoms with Gasteiger partial charge >= 0.3 is 5.97 Å². The molecule has 6 rings (SSSR count). The molecule has 0 spiro atoms. The lowest BCUT2D eigenvalue weighted by Gasteiger charge is -2.32. The highest BCUT2D eigenvalue weighted by Gasteiger charge is 2.34. The molecule has 3 aliphatic heterocycles. The van der Waals surface area contributed by atoms with Crippen LogP contribution in [0.15, 0.2) is 45.8 Å². The fraction of sp³-hybridized carbons (Fsp3) is 0.394. The van der Waals surface area contributed by atoms with E-state index in [0.29, 0.717) is 58.8 Å². The van der Waals surface area contributed by atoms with Gasteiger partial charge in [-0.15, -0.1) is 0 Å². The molecule has 4 heterocycles. The largest absolute Gasteiger partial charge is 0.462 e. The van der Waals surface area contributed by atoms with E-state index in [1.807, 2.05) is 25.1 Å². The van der Waals surface area contributed by atoms with Crippen LogP contribution in [0.1, 0.15) is 51.8 Å². The normalized spacial score (nSPS) is 17.9. The molecule has 1 aromatic heterocycles. The van der Waals surface area contributed by atoms with Crippen LogP contribution in [-0.4, -0.2) is 88.0 Å². The lowest BCUT2D eigenvalue weighted by Crippen LogP contribution is -2.44. The number of sulfonamides is 1. The summed E-state index contributed by atoms with van der Waals surface area (Å²) in [5.74, 6) is -0.725. The fourth-order valence-electron chi connectivity index (χ4n) is 6.45. The Morgan fingerprint density at radius 1 is 1.09 bits per heavy atom. The molecule has 1 amide bonds. The summed E-state index contributed by atoms with van der Waals surface area (Å²) in [7, 11) is -1.75. The van der Waals surface area contributed by atoms with Gasteiger partial charge < -0.3 is 24.8 Å². The molecular weight excluding hydrogens is 658 g/mol. The Hall–Kier alpha value is -3.45. The second-order valence-corrected chi connectivity index (χ2v) is 14.6. The third kappa shape index (κ3) is 6.20. The molecule has 1 saturated heterocycles. The first-order valence-corrected chi connectivity index (χ1v) is 17.6. The highest BCUT2D eigenvalue weighted by molar-refractivity contribution is 9.10. The third-order valence-corrected chi connectivity index (χ3v) is 11.1. The van der Waals surface area contributed by atoms with Gasteiger partial charge in [-0.25, -0.2) is 13.2 Å². The van der Waals surface area contributed by atoms with Crippen molar-refractivity contribution in [1.29, 1.82) is 0 Å². The number of carbonyl (C=O) groups is 2. The van der Waals surface area contributed by atoms with Crippen molar-refractivity contribution in [3.05, 3.63) is 74.5 Å². The topological polar surface area (TPSA) is 115 Å². The maximum Gasteiger partial charge on any atom is 0.340 e. The van der Waals surface area contributed by atoms with Gasteiger partial charge in [0.25, 0.3) is 15.9 Å². The van der Waals surface area contributed by atoms with Gasteiger partial charge in [-0.1, -0.05) is 15.9 Å². The first-order chi connectivity index (χ1) is 21.6. The summed E-state index contributed by atoms with van der Waals surface area (Å²) in [6.07, 6.45) is 3.82. The molecule has 0 aliphatic carbocycles. The van der Waals surface area contributed by atoms with E-state index in [1.54, 1.807) is 25.1 Å². The molecule has 45 heavy (non-hydrogen) atoms. The molecule has 0 radical (unpaired) electrons. The van der Waals surface area contributed by atoms with Crippen LogP contribution in [-0.2, 0) is 32.4 Å². The Labute approximate surface area is 272 Å². The average Bonchev–Trinajstić information content (AvgIpc) is 3.67. The summed E-state index contributed by atoms with van der Waals surface area (Å²) < 4.78 is 35.5. The van der Waals surface area contributed by atoms with Crippen molar-refractivity contribution in [1.82, 2.24) is 14.8 Å². The smallest absolute Gasteiger partial charge is 0.340 e. The number of aromatic nitrogens is 1. The first-order valence-electron chi connectivity index (χ1n) is 15.3. The number of likely N-dealkylation sites (N-methyl/N-ethyl adjacent to an activating group) is 1. The number of nitrogens with zero attached hydrogens (tertiary/aromatic N) is 3. The Bertz CT molecular complexity index is 1790. The number of aromatic amines is 1. The minimum atomic E-state index is -3.88. The van der Waals surface area contributed by atoms with Crippen LogP contribution >= 0.6 is 15.9 Å². The SMILES string of the molecule is CCOC(=O)c1c(C)[nH]c(/C=C2\C(=O)Nc3ccc(S(=O)(=O)N4CCc5cc(Br)ccc54)cc32)c1CCCN1CCN(C)CC1. The number of amides is 1. The van der Waals surface area contributed by atoms with Crippen molar-refractivity contribution in [2.75, 3.05) is 62.5 Å². The van der Waals surface area contributed by atoms with E-state index < -0.39 is 16.0 Å². The van der Waals surface area contributed by atoms with Crippen LogP contribution in [0.4, 0.5) is 11.4 Å². The van der Waals surface area contributed by atoms with E-state index in [4.69, 9.17) is 4.74 Å². The number of fused-ring (bicyclic) bond motifs is 2. The van der Waals surface area contributed by atoms with Crippen LogP contribution in [0.5, 0.6) is 0 Å². The number of aryl methyl sites for hydroxylation is 1. The zero-order chi connectivity index (χ0) is 31.9. The molecule has 0 atom stereocenters. The van der Waals surface area contributed by atoms with Crippen LogP contribution in [0.3, 0.4) is 0 Å². The molecule has 10 nitrogen and oxygen atoms in total. The Balaban J connectivity index is 1.33. The Morgan fingerprint density at radius 3 is 2.62 bits per heavy atom. The predicted molar refractivity (Wildman–Crippen MR) is 179 cm³/mol. The maximum atomic E-state index is 13.9. The van der Waals surface area contributed by atoms with E-state index in [9.17, 15) is 18.0 Å². The molecule has 0 bridgehead atoms. The standard InChI is InChI=1S/C33H38BrN5O5S/c1-4-44-33(41)31-21(2)35-29(25(31)6-5-12-38-16-14-37(3)15-17-38)20-27-26-19-24(8-9-28(26)36-32(27)40)45(42,43)39-13-11-22-18-23(34)7-10-30(22)39/h7-10,18-20,35H,4-6,11-17H2,1-3H3,(H,36,40)/b27-20-. The van der Waals surface area contributed by atoms with Gasteiger partial charge in [-0.3, -0.25) is 9.10 Å². The molecule has 0 unspecified atom stereocenters. The average molecular weight is 697 g/mol. The predicted octanol–water partition coefficient (Wildman–Crippen LogP) is 4.69. The molecular formula is C33H38BrN5O5S. The molecule has 3 aliphatic rings. The van der Waals surface area contributed by atoms with Gasteiger partial charge in [0.2, 0.25) is 0 Å². The number of hydrogen-bond donors (Lipinski definition) is 2. The number of rotatable bonds is 9. The number of ether oxygens (including phenoxy) is 1. The summed E-state index contributed by atoms with van der Waals surface area (Å²) in [5, 5.41) is 2.87. The molecule has 3 aromatic rings. The number of halogens is 1. The van der Waals surface area contributed by atoms with Gasteiger partial charge in [-0.2, -0.15) is 0 Å². The van der Waals surface area contributed by atoms with Crippen LogP contribution in [0.25, 0.3) is 11.6 Å². The van der Waals surface area contributed by atoms with E-state index in [-0.39, 0.29) is 17.4 Å². The van der Waals surface area contributed by atoms with Crippen molar-refractivity contribution < 1.29 is 22.7 Å². The Kier molecular flexibility index (Phi) is 8.93. The number of benzene rings is 2. The Morgan fingerprint density at radius 2 is 1.87 bits per heavy atom. The first kappa shape index (κ1) is 31.5. The van der Waals surface area contributed by atoms with E-state index in [2.05, 4.69) is 43.1 Å². The van der Waals surface area contributed by atoms with Gasteiger partial charge in [0.1, 0.15) is 0 Å². The number of carbonyl (C=O) groups excluding carboxylic acids is 2. The highest BCUT2D eigenvalue weighted by atomic mass is 79.9. The summed E-state index contributed by atoms with van der Waals surface area (Å²) >= 11 is 3.47. The van der Waals surface area contributed by atoms with Crippen molar-refractivity contribution in [3.63, 3.8) is 0 Å². The zero-order valence-corrected chi connectivity index (χ0v) is 28.2. The van der Waals surface area contributed by atoms with Crippen molar-refractivity contribution in [2.24, 2.45) is 0 Å². The third-order valence-electron chi connectivity index (χ3n) is 8.85. The minimum absolute atomic E-state index is 0.113. The monoisotopic (exact) mass is 695 g/mol. The summed E-state index contributed by atoms with van der Waals surface area (Å²) in [6, 6.07) is 10.3. The van der Waals surface area contributed by atoms with Gasteiger partial charge in [0, 0.05) is 59.8 Å². The van der Waals surface area contributed by atoms with Crippen LogP contribution < -0.4 is 9.62 Å². The van der Waals surface area contributed by atoms with Crippen LogP contribution in [0.2, 0.25) is 0 Å². The van der Waals surface area contributed by atoms with Crippen LogP contribution in [0, 0.1) is 6.92 Å². The van der Waals surface area contributed by atoms with Crippen molar-refractivity contribution in [3.8, 4) is 0 Å². The number of piperazine rings is 1. The lowest BCUT2D eigenvalue weighted by atomic mass is 10.00. The van der Waals surface area contributed by atoms with Gasteiger partial charge in [-0.05, 0) is 100 Å². The minimum Gasteiger partial charge on any atom is -0.462 e. The highest BCUT2D eigenvalue weighted by Crippen LogP contribution is 2.39. The number of nitrogens with one attached hydrogen (secondary N) is 2. The second-order valence-electron chi connectivity index (χ2n) is 11.8. The summed E-state index contributed by atoms with van der Waals surface area (Å²) in [6.45, 7) is 9.19. The fourth-order valence-corrected chi connectivity index (χ4v) is 8.38. The number of hydrogen-bond acceptors (Lipinski definition) is 7. The number of H-pyrrole nitrogens is 1. The molecule has 0 saturated carbocycles. The van der Waals surface area contributed by atoms with Crippen molar-refractivity contribution >= 4 is 60.9 Å². The summed E-state index contributed by atoms with van der Waals surface area (Å²) in [5.41, 5.74) is 5.64. The lowest BCUT2D eigenvalue weighted by molar-refractivity contribution is -0.110. The quantitative estimate of drug-likeness (QED) is 0.247. The van der Waals surface area contributed by atoms with E-state index in [1.165, 1.54) is 10.4 Å². The van der Waals surface area contributed by atoms with Gasteiger partial charge in [0.15, 0.2) is 0 Å². The summed E-state index contributed by atoms with van der Waals surface area (Å²) in [4.78, 5) is 34.5. The number of esters is 1. The van der Waals surface area contributed by atoms with E-state index >= 15 is 0 Å². The van der Waals surface area contributed by atoms with Gasteiger partial charge in [0.05, 0.1) is 28.3 Å². The molecule has 1 fully saturated rings. The maximum absolute atomic E-state index is 13.9. The molecule has 2 N–H and O–H groups in total. The molecule has 2 aromatic carbocycles.